The Hall–Kier alpha value is -2.60. The average molecular weight is 436 g/mol. The molecule has 31 heavy (non-hydrogen) atoms. The lowest BCUT2D eigenvalue weighted by molar-refractivity contribution is -0.122. The number of carbonyl (C=O) groups excluding carboxylic acids is 2. The molecule has 1 saturated carbocycles. The molecule has 2 aromatic carbocycles. The molecule has 2 fully saturated rings. The van der Waals surface area contributed by atoms with Crippen LogP contribution < -0.4 is 10.6 Å². The highest BCUT2D eigenvalue weighted by Gasteiger charge is 2.32. The van der Waals surface area contributed by atoms with Crippen LogP contribution in [0, 0.1) is 13.8 Å². The number of nitrogens with zero attached hydrogens (tertiary/aromatic N) is 1. The first kappa shape index (κ1) is 21.6. The summed E-state index contributed by atoms with van der Waals surface area (Å²) >= 11 is 1.32. The lowest BCUT2D eigenvalue weighted by atomic mass is 9.84. The van der Waals surface area contributed by atoms with Crippen LogP contribution in [0.1, 0.15) is 61.1 Å². The smallest absolute Gasteiger partial charge is 0.240 e. The van der Waals surface area contributed by atoms with E-state index in [4.69, 9.17) is 0 Å². The van der Waals surface area contributed by atoms with Gasteiger partial charge in [0.1, 0.15) is 5.25 Å². The van der Waals surface area contributed by atoms with Crippen molar-refractivity contribution in [3.8, 4) is 0 Å². The van der Waals surface area contributed by atoms with E-state index in [0.717, 1.165) is 22.5 Å². The Morgan fingerprint density at radius 3 is 2.42 bits per heavy atom. The van der Waals surface area contributed by atoms with Crippen LogP contribution >= 0.6 is 11.8 Å². The normalized spacial score (nSPS) is 20.6. The molecule has 1 aliphatic carbocycles. The molecular formula is C25H29N3O2S. The van der Waals surface area contributed by atoms with Crippen LogP contribution in [0.25, 0.3) is 0 Å². The predicted octanol–water partition coefficient (Wildman–Crippen LogP) is 5.60. The van der Waals surface area contributed by atoms with Crippen molar-refractivity contribution >= 4 is 40.1 Å². The molecule has 1 unspecified atom stereocenters. The second kappa shape index (κ2) is 9.69. The van der Waals surface area contributed by atoms with E-state index in [0.29, 0.717) is 11.1 Å². The van der Waals surface area contributed by atoms with E-state index < -0.39 is 5.25 Å². The topological polar surface area (TPSA) is 70.6 Å². The van der Waals surface area contributed by atoms with Gasteiger partial charge in [-0.25, -0.2) is 4.99 Å². The third kappa shape index (κ3) is 5.76. The van der Waals surface area contributed by atoms with Gasteiger partial charge in [-0.1, -0.05) is 49.2 Å². The van der Waals surface area contributed by atoms with Gasteiger partial charge in [0.25, 0.3) is 0 Å². The molecule has 4 rings (SSSR count). The van der Waals surface area contributed by atoms with Crippen LogP contribution in [-0.4, -0.2) is 22.2 Å². The van der Waals surface area contributed by atoms with Gasteiger partial charge in [-0.3, -0.25) is 9.59 Å². The van der Waals surface area contributed by atoms with E-state index in [9.17, 15) is 9.59 Å². The van der Waals surface area contributed by atoms with E-state index in [1.807, 2.05) is 38.1 Å². The van der Waals surface area contributed by atoms with Crippen molar-refractivity contribution < 1.29 is 9.59 Å². The van der Waals surface area contributed by atoms with Gasteiger partial charge in [-0.2, -0.15) is 0 Å². The molecular weight excluding hydrogens is 406 g/mol. The number of rotatable bonds is 5. The van der Waals surface area contributed by atoms with Gasteiger partial charge in [-0.15, -0.1) is 0 Å². The Kier molecular flexibility index (Phi) is 6.76. The zero-order chi connectivity index (χ0) is 21.8. The Morgan fingerprint density at radius 2 is 1.74 bits per heavy atom. The van der Waals surface area contributed by atoms with Gasteiger partial charge < -0.3 is 10.6 Å². The number of thioether (sulfide) groups is 1. The van der Waals surface area contributed by atoms with Crippen LogP contribution in [0.3, 0.4) is 0 Å². The second-order valence-corrected chi connectivity index (χ2v) is 9.76. The fourth-order valence-corrected chi connectivity index (χ4v) is 5.38. The summed E-state index contributed by atoms with van der Waals surface area (Å²) in [5.74, 6) is 0.324. The minimum absolute atomic E-state index is 0.114. The van der Waals surface area contributed by atoms with Gasteiger partial charge in [0, 0.05) is 12.1 Å². The van der Waals surface area contributed by atoms with Crippen molar-refractivity contribution in [2.24, 2.45) is 4.99 Å². The third-order valence-electron chi connectivity index (χ3n) is 5.85. The number of aryl methyl sites for hydroxylation is 2. The summed E-state index contributed by atoms with van der Waals surface area (Å²) < 4.78 is 0. The first-order chi connectivity index (χ1) is 15.0. The molecule has 6 heteroatoms. The molecule has 0 radical (unpaired) electrons. The van der Waals surface area contributed by atoms with Crippen molar-refractivity contribution in [2.75, 3.05) is 5.32 Å². The number of amidine groups is 1. The molecule has 1 saturated heterocycles. The van der Waals surface area contributed by atoms with Gasteiger partial charge >= 0.3 is 0 Å². The lowest BCUT2D eigenvalue weighted by Gasteiger charge is -2.21. The van der Waals surface area contributed by atoms with Crippen LogP contribution in [0.4, 0.5) is 11.4 Å². The molecule has 2 amide bonds. The zero-order valence-corrected chi connectivity index (χ0v) is 18.9. The molecule has 1 heterocycles. The largest absolute Gasteiger partial charge is 0.326 e. The summed E-state index contributed by atoms with van der Waals surface area (Å²) in [5.41, 5.74) is 5.15. The van der Waals surface area contributed by atoms with Crippen molar-refractivity contribution in [3.63, 3.8) is 0 Å². The van der Waals surface area contributed by atoms with Crippen molar-refractivity contribution in [2.45, 2.75) is 63.5 Å². The number of aliphatic imine (C=N–C) groups is 1. The number of benzene rings is 2. The second-order valence-electron chi connectivity index (χ2n) is 8.57. The summed E-state index contributed by atoms with van der Waals surface area (Å²) in [4.78, 5) is 29.4. The zero-order valence-electron chi connectivity index (χ0n) is 18.1. The number of amides is 2. The molecule has 2 aliphatic rings. The van der Waals surface area contributed by atoms with Crippen LogP contribution in [0.2, 0.25) is 0 Å². The third-order valence-corrected chi connectivity index (χ3v) is 6.93. The van der Waals surface area contributed by atoms with Crippen LogP contribution in [0.15, 0.2) is 47.5 Å². The maximum atomic E-state index is 12.4. The number of hydrogen-bond acceptors (Lipinski definition) is 4. The number of hydrogen-bond donors (Lipinski definition) is 2. The SMILES string of the molecule is Cc1cc(C)cc(NC(=O)CC2SC(=Nc3ccc(C4CCCCC4)cc3)NC2=O)c1. The van der Waals surface area contributed by atoms with Crippen LogP contribution in [-0.2, 0) is 9.59 Å². The molecule has 0 spiro atoms. The first-order valence-electron chi connectivity index (χ1n) is 11.0. The van der Waals surface area contributed by atoms with Gasteiger partial charge in [0.05, 0.1) is 5.69 Å². The van der Waals surface area contributed by atoms with Gasteiger partial charge in [-0.05, 0) is 73.6 Å². The highest BCUT2D eigenvalue weighted by atomic mass is 32.2. The fraction of sp³-hybridized carbons (Fsp3) is 0.400. The Balaban J connectivity index is 1.35. The highest BCUT2D eigenvalue weighted by molar-refractivity contribution is 8.15. The van der Waals surface area contributed by atoms with Crippen LogP contribution in [0.5, 0.6) is 0 Å². The maximum Gasteiger partial charge on any atom is 0.240 e. The number of anilines is 1. The molecule has 1 atom stereocenters. The molecule has 5 nitrogen and oxygen atoms in total. The lowest BCUT2D eigenvalue weighted by Crippen LogP contribution is -2.28. The summed E-state index contributed by atoms with van der Waals surface area (Å²) in [6.07, 6.45) is 6.63. The van der Waals surface area contributed by atoms with Gasteiger partial charge in [0.2, 0.25) is 11.8 Å². The maximum absolute atomic E-state index is 12.4. The van der Waals surface area contributed by atoms with Crippen molar-refractivity contribution in [3.05, 3.63) is 59.2 Å². The number of carbonyl (C=O) groups is 2. The minimum Gasteiger partial charge on any atom is -0.326 e. The Morgan fingerprint density at radius 1 is 1.06 bits per heavy atom. The molecule has 1 aliphatic heterocycles. The average Bonchev–Trinajstić information content (AvgIpc) is 3.07. The monoisotopic (exact) mass is 435 g/mol. The predicted molar refractivity (Wildman–Crippen MR) is 128 cm³/mol. The summed E-state index contributed by atoms with van der Waals surface area (Å²) in [6, 6.07) is 14.3. The van der Waals surface area contributed by atoms with E-state index in [1.54, 1.807) is 0 Å². The van der Waals surface area contributed by atoms with E-state index >= 15 is 0 Å². The number of nitrogens with one attached hydrogen (secondary N) is 2. The Labute approximate surface area is 188 Å². The van der Waals surface area contributed by atoms with E-state index in [2.05, 4.69) is 33.8 Å². The van der Waals surface area contributed by atoms with Gasteiger partial charge in [0.15, 0.2) is 5.17 Å². The molecule has 2 N–H and O–H groups in total. The van der Waals surface area contributed by atoms with Crippen molar-refractivity contribution in [1.82, 2.24) is 5.32 Å². The summed E-state index contributed by atoms with van der Waals surface area (Å²) in [7, 11) is 0. The first-order valence-corrected chi connectivity index (χ1v) is 11.9. The summed E-state index contributed by atoms with van der Waals surface area (Å²) in [5, 5.41) is 5.80. The van der Waals surface area contributed by atoms with Crippen molar-refractivity contribution in [1.29, 1.82) is 0 Å². The molecule has 162 valence electrons. The van der Waals surface area contributed by atoms with E-state index in [1.165, 1.54) is 49.4 Å². The summed E-state index contributed by atoms with van der Waals surface area (Å²) in [6.45, 7) is 3.99. The molecule has 0 bridgehead atoms. The Bertz CT molecular complexity index is 974. The molecule has 2 aromatic rings. The fourth-order valence-electron chi connectivity index (χ4n) is 4.39. The highest BCUT2D eigenvalue weighted by Crippen LogP contribution is 2.33. The minimum atomic E-state index is -0.467. The van der Waals surface area contributed by atoms with E-state index in [-0.39, 0.29) is 18.2 Å². The standard InChI is InChI=1S/C25H29N3O2S/c1-16-12-17(2)14-21(13-16)26-23(29)15-22-24(30)28-25(31-22)27-20-10-8-19(9-11-20)18-6-4-3-5-7-18/h8-14,18,22H,3-7,15H2,1-2H3,(H,26,29)(H,27,28,30). The molecule has 0 aromatic heterocycles. The quantitative estimate of drug-likeness (QED) is 0.642.